The van der Waals surface area contributed by atoms with Gasteiger partial charge in [0.25, 0.3) is 0 Å². The van der Waals surface area contributed by atoms with E-state index in [9.17, 15) is 13.2 Å². The molecule has 0 radical (unpaired) electrons. The molecule has 32 heavy (non-hydrogen) atoms. The Bertz CT molecular complexity index is 924. The van der Waals surface area contributed by atoms with Gasteiger partial charge in [-0.15, -0.1) is 0 Å². The van der Waals surface area contributed by atoms with Gasteiger partial charge in [-0.05, 0) is 39.8 Å². The predicted octanol–water partition coefficient (Wildman–Crippen LogP) is 4.58. The van der Waals surface area contributed by atoms with Crippen LogP contribution in [0.5, 0.6) is 0 Å². The molecule has 2 aromatic heterocycles. The van der Waals surface area contributed by atoms with Gasteiger partial charge in [0.15, 0.2) is 11.5 Å². The van der Waals surface area contributed by atoms with Crippen molar-refractivity contribution in [3.63, 3.8) is 0 Å². The van der Waals surface area contributed by atoms with Crippen molar-refractivity contribution < 1.29 is 27.2 Å². The van der Waals surface area contributed by atoms with Crippen molar-refractivity contribution in [1.82, 2.24) is 14.5 Å². The molecule has 0 atom stereocenters. The normalized spacial score (nSPS) is 18.4. The van der Waals surface area contributed by atoms with Gasteiger partial charge in [0, 0.05) is 32.5 Å². The smallest absolute Gasteiger partial charge is 0.399 e. The highest BCUT2D eigenvalue weighted by atomic mass is 28.3. The maximum Gasteiger partial charge on any atom is 0.496 e. The number of imidazole rings is 1. The van der Waals surface area contributed by atoms with E-state index in [2.05, 4.69) is 29.6 Å². The average Bonchev–Trinajstić information content (AvgIpc) is 3.16. The second-order valence-electron chi connectivity index (χ2n) is 10.3. The van der Waals surface area contributed by atoms with Gasteiger partial charge in [0.05, 0.1) is 11.2 Å². The van der Waals surface area contributed by atoms with Crippen molar-refractivity contribution in [3.05, 3.63) is 30.2 Å². The summed E-state index contributed by atoms with van der Waals surface area (Å²) in [5, 5.41) is 0. The summed E-state index contributed by atoms with van der Waals surface area (Å²) in [6.07, 6.45) is -2.04. The lowest BCUT2D eigenvalue weighted by atomic mass is 9.80. The summed E-state index contributed by atoms with van der Waals surface area (Å²) in [6, 6.07) is 4.29. The first-order chi connectivity index (χ1) is 14.6. The van der Waals surface area contributed by atoms with Gasteiger partial charge in [0.2, 0.25) is 0 Å². The van der Waals surface area contributed by atoms with Crippen LogP contribution in [0, 0.1) is 0 Å². The summed E-state index contributed by atoms with van der Waals surface area (Å²) >= 11 is 0. The van der Waals surface area contributed by atoms with Gasteiger partial charge < -0.3 is 18.6 Å². The average molecular weight is 469 g/mol. The molecular weight excluding hydrogens is 438 g/mol. The molecule has 2 aromatic rings. The molecule has 0 aliphatic carbocycles. The van der Waals surface area contributed by atoms with E-state index in [0.717, 1.165) is 12.2 Å². The van der Waals surface area contributed by atoms with Gasteiger partial charge in [0.1, 0.15) is 12.4 Å². The number of pyridine rings is 1. The molecule has 0 aromatic carbocycles. The van der Waals surface area contributed by atoms with E-state index in [1.165, 1.54) is 4.57 Å². The van der Waals surface area contributed by atoms with Crippen molar-refractivity contribution in [1.29, 1.82) is 0 Å². The minimum atomic E-state index is -4.55. The Balaban J connectivity index is 1.81. The van der Waals surface area contributed by atoms with Crippen molar-refractivity contribution in [2.45, 2.75) is 77.5 Å². The Morgan fingerprint density at radius 3 is 2.22 bits per heavy atom. The maximum atomic E-state index is 13.3. The van der Waals surface area contributed by atoms with Crippen LogP contribution in [0.3, 0.4) is 0 Å². The highest BCUT2D eigenvalue weighted by Crippen LogP contribution is 2.36. The zero-order valence-electron chi connectivity index (χ0n) is 19.7. The Kier molecular flexibility index (Phi) is 6.69. The second-order valence-corrected chi connectivity index (χ2v) is 16.0. The first-order valence-corrected chi connectivity index (χ1v) is 14.3. The largest absolute Gasteiger partial charge is 0.496 e. The summed E-state index contributed by atoms with van der Waals surface area (Å²) < 4.78 is 58.9. The second kappa shape index (κ2) is 8.59. The molecule has 1 fully saturated rings. The van der Waals surface area contributed by atoms with E-state index in [-0.39, 0.29) is 12.6 Å². The van der Waals surface area contributed by atoms with Gasteiger partial charge in [-0.2, -0.15) is 13.2 Å². The van der Waals surface area contributed by atoms with Gasteiger partial charge >= 0.3 is 13.3 Å². The molecule has 176 valence electrons. The molecule has 0 amide bonds. The molecule has 1 aliphatic rings. The first kappa shape index (κ1) is 24.9. The fourth-order valence-corrected chi connectivity index (χ4v) is 3.81. The summed E-state index contributed by atoms with van der Waals surface area (Å²) in [4.78, 5) is 8.15. The Morgan fingerprint density at radius 2 is 1.72 bits per heavy atom. The number of hydrogen-bond donors (Lipinski definition) is 0. The molecule has 0 saturated carbocycles. The number of nitrogens with zero attached hydrogens (tertiary/aromatic N) is 3. The number of halogens is 3. The van der Waals surface area contributed by atoms with Crippen LogP contribution >= 0.6 is 0 Å². The zero-order valence-corrected chi connectivity index (χ0v) is 20.7. The standard InChI is InChI=1S/C21H31BF3N3O3Si/c1-19(2)20(3,4)31-22(30-19)15-8-9-16(26-12-15)18-27-17(21(23,24)25)13-28(18)14-29-10-11-32(5,6)7/h8-9,12-13H,10-11,14H2,1-7H3. The van der Waals surface area contributed by atoms with Crippen LogP contribution in [-0.4, -0.2) is 47.5 Å². The molecule has 3 heterocycles. The highest BCUT2D eigenvalue weighted by molar-refractivity contribution is 6.76. The molecular formula is C21H31BF3N3O3Si. The van der Waals surface area contributed by atoms with Crippen molar-refractivity contribution in [2.24, 2.45) is 0 Å². The van der Waals surface area contributed by atoms with E-state index >= 15 is 0 Å². The van der Waals surface area contributed by atoms with Crippen LogP contribution < -0.4 is 5.46 Å². The van der Waals surface area contributed by atoms with Crippen LogP contribution in [-0.2, 0) is 27.0 Å². The van der Waals surface area contributed by atoms with Gasteiger partial charge in [-0.1, -0.05) is 25.7 Å². The van der Waals surface area contributed by atoms with Crippen LogP contribution in [0.1, 0.15) is 33.4 Å². The number of hydrogen-bond acceptors (Lipinski definition) is 5. The van der Waals surface area contributed by atoms with Crippen molar-refractivity contribution >= 4 is 20.7 Å². The third-order valence-corrected chi connectivity index (χ3v) is 7.54. The molecule has 1 aliphatic heterocycles. The van der Waals surface area contributed by atoms with Crippen molar-refractivity contribution in [3.8, 4) is 11.5 Å². The van der Waals surface area contributed by atoms with E-state index in [1.54, 1.807) is 18.3 Å². The van der Waals surface area contributed by atoms with E-state index in [0.29, 0.717) is 17.8 Å². The van der Waals surface area contributed by atoms with Crippen molar-refractivity contribution in [2.75, 3.05) is 6.61 Å². The fourth-order valence-electron chi connectivity index (χ4n) is 3.05. The Labute approximate surface area is 188 Å². The number of alkyl halides is 3. The third kappa shape index (κ3) is 5.62. The molecule has 3 rings (SSSR count). The summed E-state index contributed by atoms with van der Waals surface area (Å²) in [5.74, 6) is 0.103. The summed E-state index contributed by atoms with van der Waals surface area (Å²) in [6.45, 7) is 14.9. The lowest BCUT2D eigenvalue weighted by Gasteiger charge is -2.32. The number of rotatable bonds is 7. The zero-order chi connectivity index (χ0) is 23.9. The van der Waals surface area contributed by atoms with Crippen LogP contribution in [0.2, 0.25) is 25.7 Å². The van der Waals surface area contributed by atoms with Crippen LogP contribution in [0.4, 0.5) is 13.2 Å². The Hall–Kier alpha value is -1.69. The molecule has 0 bridgehead atoms. The SMILES string of the molecule is CC1(C)OB(c2ccc(-c3nc(C(F)(F)F)cn3COCC[Si](C)(C)C)nc2)OC1(C)C. The topological polar surface area (TPSA) is 58.4 Å². The monoisotopic (exact) mass is 469 g/mol. The minimum Gasteiger partial charge on any atom is -0.399 e. The quantitative estimate of drug-likeness (QED) is 0.439. The first-order valence-electron chi connectivity index (χ1n) is 10.6. The van der Waals surface area contributed by atoms with E-state index < -0.39 is 38.3 Å². The molecule has 0 unspecified atom stereocenters. The van der Waals surface area contributed by atoms with E-state index in [1.807, 2.05) is 27.7 Å². The number of ether oxygens (including phenoxy) is 1. The summed E-state index contributed by atoms with van der Waals surface area (Å²) in [7, 11) is -1.90. The van der Waals surface area contributed by atoms with Gasteiger partial charge in [-0.25, -0.2) is 4.98 Å². The third-order valence-electron chi connectivity index (χ3n) is 5.83. The molecule has 6 nitrogen and oxygen atoms in total. The van der Waals surface area contributed by atoms with Gasteiger partial charge in [-0.3, -0.25) is 4.98 Å². The lowest BCUT2D eigenvalue weighted by molar-refractivity contribution is -0.141. The minimum absolute atomic E-state index is 0.0243. The fraction of sp³-hybridized carbons (Fsp3) is 0.619. The molecule has 0 N–H and O–H groups in total. The molecule has 0 spiro atoms. The Morgan fingerprint density at radius 1 is 1.09 bits per heavy atom. The molecule has 11 heteroatoms. The number of aromatic nitrogens is 3. The van der Waals surface area contributed by atoms with Crippen LogP contribution in [0.25, 0.3) is 11.5 Å². The van der Waals surface area contributed by atoms with E-state index in [4.69, 9.17) is 14.0 Å². The summed E-state index contributed by atoms with van der Waals surface area (Å²) in [5.41, 5.74) is -0.969. The predicted molar refractivity (Wildman–Crippen MR) is 120 cm³/mol. The lowest BCUT2D eigenvalue weighted by Crippen LogP contribution is -2.41. The highest BCUT2D eigenvalue weighted by Gasteiger charge is 2.51. The molecule has 1 saturated heterocycles. The maximum absolute atomic E-state index is 13.3. The van der Waals surface area contributed by atoms with Crippen LogP contribution in [0.15, 0.2) is 24.5 Å².